The zero-order valence-electron chi connectivity index (χ0n) is 17.6. The summed E-state index contributed by atoms with van der Waals surface area (Å²) in [5, 5.41) is 7.85. The largest absolute Gasteiger partial charge is 0.328 e. The van der Waals surface area contributed by atoms with Crippen LogP contribution in [0.1, 0.15) is 66.8 Å². The molecule has 152 valence electrons. The molecule has 2 atom stereocenters. The zero-order chi connectivity index (χ0) is 20.8. The van der Waals surface area contributed by atoms with Gasteiger partial charge in [0.2, 0.25) is 5.95 Å². The third-order valence-corrected chi connectivity index (χ3v) is 6.41. The SMILES string of the molecule is Cc1ccccc1[C@@H]1CC(=O)C2=C(C1)Nc1ncnn1[C@H]2c1ccc(C(C)C)cc1. The number of aromatic nitrogens is 3. The van der Waals surface area contributed by atoms with Crippen LogP contribution in [0.3, 0.4) is 0 Å². The molecule has 0 spiro atoms. The second-order valence-corrected chi connectivity index (χ2v) is 8.65. The molecule has 0 amide bonds. The van der Waals surface area contributed by atoms with Crippen molar-refractivity contribution < 1.29 is 4.79 Å². The lowest BCUT2D eigenvalue weighted by molar-refractivity contribution is -0.116. The summed E-state index contributed by atoms with van der Waals surface area (Å²) in [6.45, 7) is 6.49. The molecular weight excluding hydrogens is 372 g/mol. The van der Waals surface area contributed by atoms with Gasteiger partial charge in [-0.25, -0.2) is 4.68 Å². The van der Waals surface area contributed by atoms with Gasteiger partial charge in [0.05, 0.1) is 0 Å². The van der Waals surface area contributed by atoms with Crippen LogP contribution in [0.5, 0.6) is 0 Å². The van der Waals surface area contributed by atoms with E-state index in [-0.39, 0.29) is 17.7 Å². The Morgan fingerprint density at radius 1 is 1.07 bits per heavy atom. The van der Waals surface area contributed by atoms with E-state index in [1.807, 2.05) is 10.7 Å². The first-order chi connectivity index (χ1) is 14.5. The average Bonchev–Trinajstić information content (AvgIpc) is 3.20. The van der Waals surface area contributed by atoms with Crippen LogP contribution in [0, 0.1) is 6.92 Å². The van der Waals surface area contributed by atoms with Crippen molar-refractivity contribution in [3.05, 3.63) is 88.4 Å². The van der Waals surface area contributed by atoms with Gasteiger partial charge in [0.15, 0.2) is 5.78 Å². The van der Waals surface area contributed by atoms with Gasteiger partial charge in [-0.2, -0.15) is 10.1 Å². The van der Waals surface area contributed by atoms with Crippen molar-refractivity contribution in [2.45, 2.75) is 51.5 Å². The van der Waals surface area contributed by atoms with Crippen LogP contribution in [-0.4, -0.2) is 20.5 Å². The predicted octanol–water partition coefficient (Wildman–Crippen LogP) is 5.13. The van der Waals surface area contributed by atoms with Crippen LogP contribution < -0.4 is 5.32 Å². The minimum absolute atomic E-state index is 0.184. The molecule has 0 bridgehead atoms. The molecule has 2 aromatic carbocycles. The smallest absolute Gasteiger partial charge is 0.226 e. The Morgan fingerprint density at radius 3 is 2.57 bits per heavy atom. The number of hydrogen-bond donors (Lipinski definition) is 1. The molecule has 2 heterocycles. The summed E-state index contributed by atoms with van der Waals surface area (Å²) in [7, 11) is 0. The maximum Gasteiger partial charge on any atom is 0.226 e. The molecule has 1 aliphatic carbocycles. The first kappa shape index (κ1) is 18.8. The van der Waals surface area contributed by atoms with Crippen molar-refractivity contribution in [3.63, 3.8) is 0 Å². The normalized spacial score (nSPS) is 20.7. The zero-order valence-corrected chi connectivity index (χ0v) is 17.6. The third kappa shape index (κ3) is 3.05. The number of rotatable bonds is 3. The van der Waals surface area contributed by atoms with E-state index >= 15 is 0 Å². The Balaban J connectivity index is 1.58. The standard InChI is InChI=1S/C25H26N4O/c1-15(2)17-8-10-18(11-9-17)24-23-21(28-25-26-14-27-29(24)25)12-19(13-22(23)30)20-7-5-4-6-16(20)3/h4-11,14-15,19,24H,12-13H2,1-3H3,(H,26,27,28)/t19-,24-/m0/s1. The molecule has 0 fully saturated rings. The third-order valence-electron chi connectivity index (χ3n) is 6.41. The Kier molecular flexibility index (Phi) is 4.54. The fourth-order valence-electron chi connectivity index (χ4n) is 4.79. The first-order valence-corrected chi connectivity index (χ1v) is 10.6. The summed E-state index contributed by atoms with van der Waals surface area (Å²) in [4.78, 5) is 17.9. The monoisotopic (exact) mass is 398 g/mol. The maximum absolute atomic E-state index is 13.5. The number of nitrogens with zero attached hydrogens (tertiary/aromatic N) is 3. The van der Waals surface area contributed by atoms with Crippen molar-refractivity contribution in [3.8, 4) is 0 Å². The molecule has 5 heteroatoms. The summed E-state index contributed by atoms with van der Waals surface area (Å²) < 4.78 is 1.84. The summed E-state index contributed by atoms with van der Waals surface area (Å²) in [5.41, 5.74) is 6.66. The van der Waals surface area contributed by atoms with Gasteiger partial charge in [-0.05, 0) is 47.4 Å². The number of carbonyl (C=O) groups is 1. The van der Waals surface area contributed by atoms with E-state index in [0.717, 1.165) is 23.3 Å². The summed E-state index contributed by atoms with van der Waals surface area (Å²) >= 11 is 0. The van der Waals surface area contributed by atoms with Crippen LogP contribution in [0.4, 0.5) is 5.95 Å². The number of Topliss-reactive ketones (excluding diaryl/α,β-unsaturated/α-hetero) is 1. The number of ketones is 1. The van der Waals surface area contributed by atoms with Crippen molar-refractivity contribution in [2.75, 3.05) is 5.32 Å². The molecule has 3 aromatic rings. The lowest BCUT2D eigenvalue weighted by Crippen LogP contribution is -2.33. The van der Waals surface area contributed by atoms with E-state index in [1.165, 1.54) is 16.7 Å². The number of allylic oxidation sites excluding steroid dienone is 2. The number of hydrogen-bond acceptors (Lipinski definition) is 4. The molecule has 0 saturated carbocycles. The molecular formula is C25H26N4O. The highest BCUT2D eigenvalue weighted by Gasteiger charge is 2.39. The second-order valence-electron chi connectivity index (χ2n) is 8.65. The van der Waals surface area contributed by atoms with E-state index in [1.54, 1.807) is 6.33 Å². The van der Waals surface area contributed by atoms with E-state index < -0.39 is 0 Å². The molecule has 0 unspecified atom stereocenters. The molecule has 0 saturated heterocycles. The topological polar surface area (TPSA) is 59.8 Å². The predicted molar refractivity (Wildman–Crippen MR) is 118 cm³/mol. The van der Waals surface area contributed by atoms with Gasteiger partial charge < -0.3 is 5.32 Å². The van der Waals surface area contributed by atoms with Crippen molar-refractivity contribution in [1.82, 2.24) is 14.8 Å². The average molecular weight is 399 g/mol. The number of carbonyl (C=O) groups excluding carboxylic acids is 1. The van der Waals surface area contributed by atoms with Crippen LogP contribution >= 0.6 is 0 Å². The van der Waals surface area contributed by atoms with E-state index in [0.29, 0.717) is 18.3 Å². The quantitative estimate of drug-likeness (QED) is 0.665. The molecule has 1 aliphatic heterocycles. The van der Waals surface area contributed by atoms with E-state index in [9.17, 15) is 4.79 Å². The summed E-state index contributed by atoms with van der Waals surface area (Å²) in [5.74, 6) is 1.54. The molecule has 2 aliphatic rings. The van der Waals surface area contributed by atoms with Crippen LogP contribution in [-0.2, 0) is 4.79 Å². The van der Waals surface area contributed by atoms with Gasteiger partial charge in [-0.15, -0.1) is 0 Å². The van der Waals surface area contributed by atoms with Gasteiger partial charge in [-0.1, -0.05) is 62.4 Å². The molecule has 0 radical (unpaired) electrons. The number of nitrogens with one attached hydrogen (secondary N) is 1. The molecule has 30 heavy (non-hydrogen) atoms. The maximum atomic E-state index is 13.5. The van der Waals surface area contributed by atoms with Crippen LogP contribution in [0.25, 0.3) is 0 Å². The van der Waals surface area contributed by atoms with E-state index in [2.05, 4.69) is 78.6 Å². The Hall–Kier alpha value is -3.21. The summed E-state index contributed by atoms with van der Waals surface area (Å²) in [6, 6.07) is 16.7. The highest BCUT2D eigenvalue weighted by molar-refractivity contribution is 6.00. The second kappa shape index (κ2) is 7.24. The lowest BCUT2D eigenvalue weighted by atomic mass is 9.77. The van der Waals surface area contributed by atoms with Gasteiger partial charge in [0, 0.05) is 17.7 Å². The fourth-order valence-corrected chi connectivity index (χ4v) is 4.79. The molecule has 5 nitrogen and oxygen atoms in total. The lowest BCUT2D eigenvalue weighted by Gasteiger charge is -2.35. The van der Waals surface area contributed by atoms with Crippen LogP contribution in [0.15, 0.2) is 66.1 Å². The van der Waals surface area contributed by atoms with Crippen molar-refractivity contribution >= 4 is 11.7 Å². The highest BCUT2D eigenvalue weighted by atomic mass is 16.1. The minimum Gasteiger partial charge on any atom is -0.328 e. The minimum atomic E-state index is -0.231. The Bertz CT molecular complexity index is 1140. The first-order valence-electron chi connectivity index (χ1n) is 10.6. The van der Waals surface area contributed by atoms with Gasteiger partial charge in [0.1, 0.15) is 12.4 Å². The molecule has 1 aromatic heterocycles. The number of benzene rings is 2. The Morgan fingerprint density at radius 2 is 1.83 bits per heavy atom. The highest BCUT2D eigenvalue weighted by Crippen LogP contribution is 2.44. The van der Waals surface area contributed by atoms with Gasteiger partial charge in [0.25, 0.3) is 0 Å². The number of anilines is 1. The van der Waals surface area contributed by atoms with Gasteiger partial charge >= 0.3 is 0 Å². The van der Waals surface area contributed by atoms with Gasteiger partial charge in [-0.3, -0.25) is 4.79 Å². The molecule has 1 N–H and O–H groups in total. The number of aryl methyl sites for hydroxylation is 1. The number of fused-ring (bicyclic) bond motifs is 1. The fraction of sp³-hybridized carbons (Fsp3) is 0.320. The van der Waals surface area contributed by atoms with Crippen LogP contribution in [0.2, 0.25) is 0 Å². The van der Waals surface area contributed by atoms with Crippen molar-refractivity contribution in [1.29, 1.82) is 0 Å². The van der Waals surface area contributed by atoms with Crippen molar-refractivity contribution in [2.24, 2.45) is 0 Å². The summed E-state index contributed by atoms with van der Waals surface area (Å²) in [6.07, 6.45) is 2.88. The molecule has 5 rings (SSSR count). The Labute approximate surface area is 176 Å². The van der Waals surface area contributed by atoms with E-state index in [4.69, 9.17) is 0 Å².